The van der Waals surface area contributed by atoms with Crippen LogP contribution in [0.2, 0.25) is 0 Å². The minimum absolute atomic E-state index is 0.411. The van der Waals surface area contributed by atoms with E-state index in [-0.39, 0.29) is 0 Å². The van der Waals surface area contributed by atoms with Gasteiger partial charge in [0.25, 0.3) is 0 Å². The largest absolute Gasteiger partial charge is 0.449 e. The molecule has 0 saturated heterocycles. The third-order valence-electron chi connectivity index (χ3n) is 4.05. The molecular weight excluding hydrogens is 282 g/mol. The third-order valence-corrected chi connectivity index (χ3v) is 5.04. The summed E-state index contributed by atoms with van der Waals surface area (Å²) in [7, 11) is 0. The van der Waals surface area contributed by atoms with Crippen molar-refractivity contribution >= 4 is 17.0 Å². The molecule has 110 valence electrons. The molecule has 0 radical (unpaired) electrons. The Hall–Kier alpha value is -1.68. The Labute approximate surface area is 128 Å². The molecule has 1 atom stereocenters. The Morgan fingerprint density at radius 1 is 1.19 bits per heavy atom. The second-order valence-corrected chi connectivity index (χ2v) is 7.15. The first-order valence-electron chi connectivity index (χ1n) is 7.46. The summed E-state index contributed by atoms with van der Waals surface area (Å²) in [4.78, 5) is 1.53. The fourth-order valence-corrected chi connectivity index (χ4v) is 4.14. The molecule has 0 saturated carbocycles. The number of benzene rings is 1. The normalized spacial score (nSPS) is 21.9. The Bertz CT molecular complexity index is 677. The van der Waals surface area contributed by atoms with Crippen molar-refractivity contribution in [3.8, 4) is 11.5 Å². The molecule has 1 aromatic heterocycles. The average Bonchev–Trinajstić information content (AvgIpc) is 3.01. The van der Waals surface area contributed by atoms with Crippen LogP contribution in [0.15, 0.2) is 29.6 Å². The molecule has 0 spiro atoms. The smallest absolute Gasteiger partial charge is 0.246 e. The van der Waals surface area contributed by atoms with Crippen LogP contribution in [0.5, 0.6) is 11.5 Å². The molecule has 0 fully saturated rings. The van der Waals surface area contributed by atoms with Gasteiger partial charge in [-0.15, -0.1) is 11.3 Å². The van der Waals surface area contributed by atoms with E-state index in [0.717, 1.165) is 17.2 Å². The van der Waals surface area contributed by atoms with Gasteiger partial charge in [-0.05, 0) is 48.4 Å². The molecule has 21 heavy (non-hydrogen) atoms. The molecule has 2 aliphatic rings. The molecule has 0 bridgehead atoms. The van der Waals surface area contributed by atoms with Gasteiger partial charge < -0.3 is 14.8 Å². The van der Waals surface area contributed by atoms with Gasteiger partial charge in [0.1, 0.15) is 0 Å². The highest BCUT2D eigenvalue weighted by Gasteiger charge is 2.32. The second-order valence-electron chi connectivity index (χ2n) is 6.15. The lowest BCUT2D eigenvalue weighted by Gasteiger charge is -2.24. The average molecular weight is 301 g/mol. The highest BCUT2D eigenvalue weighted by atomic mass is 32.1. The highest BCUT2D eigenvalue weighted by Crippen LogP contribution is 2.42. The Kier molecular flexibility index (Phi) is 2.89. The Balaban J connectivity index is 1.58. The fraction of sp³-hybridized carbons (Fsp3) is 0.412. The standard InChI is InChI=1S/C17H19NO2S/c1-17(2)19-14-7-6-11(10-15(14)20-17)18-13-4-3-5-16-12(13)8-9-21-16/h6-10,13,18H,3-5H2,1-2H3. The molecule has 3 nitrogen and oxygen atoms in total. The van der Waals surface area contributed by atoms with Gasteiger partial charge in [0.05, 0.1) is 6.04 Å². The lowest BCUT2D eigenvalue weighted by molar-refractivity contribution is -0.0431. The van der Waals surface area contributed by atoms with Crippen molar-refractivity contribution in [1.29, 1.82) is 0 Å². The minimum atomic E-state index is -0.563. The van der Waals surface area contributed by atoms with E-state index in [4.69, 9.17) is 9.47 Å². The van der Waals surface area contributed by atoms with Crippen molar-refractivity contribution in [2.75, 3.05) is 5.32 Å². The maximum Gasteiger partial charge on any atom is 0.246 e. The molecular formula is C17H19NO2S. The van der Waals surface area contributed by atoms with Crippen LogP contribution in [-0.4, -0.2) is 5.79 Å². The SMILES string of the molecule is CC1(C)Oc2ccc(NC3CCCc4sccc43)cc2O1. The quantitative estimate of drug-likeness (QED) is 0.868. The Morgan fingerprint density at radius 2 is 2.05 bits per heavy atom. The zero-order valence-electron chi connectivity index (χ0n) is 12.3. The Morgan fingerprint density at radius 3 is 2.95 bits per heavy atom. The molecule has 1 N–H and O–H groups in total. The van der Waals surface area contributed by atoms with Gasteiger partial charge in [-0.2, -0.15) is 0 Å². The number of hydrogen-bond donors (Lipinski definition) is 1. The number of hydrogen-bond acceptors (Lipinski definition) is 4. The summed E-state index contributed by atoms with van der Waals surface area (Å²) in [6, 6.07) is 8.78. The summed E-state index contributed by atoms with van der Waals surface area (Å²) >= 11 is 1.87. The molecule has 0 amide bonds. The van der Waals surface area contributed by atoms with Crippen LogP contribution < -0.4 is 14.8 Å². The van der Waals surface area contributed by atoms with E-state index in [9.17, 15) is 0 Å². The van der Waals surface area contributed by atoms with E-state index in [2.05, 4.69) is 22.8 Å². The van der Waals surface area contributed by atoms with E-state index >= 15 is 0 Å². The van der Waals surface area contributed by atoms with Crippen molar-refractivity contribution in [2.45, 2.75) is 44.9 Å². The number of thiophene rings is 1. The fourth-order valence-electron chi connectivity index (χ4n) is 3.15. The number of aryl methyl sites for hydroxylation is 1. The summed E-state index contributed by atoms with van der Waals surface area (Å²) in [6.07, 6.45) is 3.66. The minimum Gasteiger partial charge on any atom is -0.449 e. The molecule has 4 rings (SSSR count). The van der Waals surface area contributed by atoms with Gasteiger partial charge in [0, 0.05) is 30.5 Å². The predicted molar refractivity (Wildman–Crippen MR) is 85.4 cm³/mol. The van der Waals surface area contributed by atoms with E-state index in [1.807, 2.05) is 37.3 Å². The first kappa shape index (κ1) is 13.0. The molecule has 2 heterocycles. The second kappa shape index (κ2) is 4.67. The maximum atomic E-state index is 5.82. The van der Waals surface area contributed by atoms with E-state index in [1.165, 1.54) is 29.7 Å². The summed E-state index contributed by atoms with van der Waals surface area (Å²) in [5, 5.41) is 5.85. The van der Waals surface area contributed by atoms with Crippen molar-refractivity contribution in [3.63, 3.8) is 0 Å². The van der Waals surface area contributed by atoms with Crippen molar-refractivity contribution in [1.82, 2.24) is 0 Å². The zero-order valence-corrected chi connectivity index (χ0v) is 13.1. The number of anilines is 1. The number of fused-ring (bicyclic) bond motifs is 2. The summed E-state index contributed by atoms with van der Waals surface area (Å²) < 4.78 is 11.6. The van der Waals surface area contributed by atoms with Gasteiger partial charge >= 0.3 is 0 Å². The number of nitrogens with one attached hydrogen (secondary N) is 1. The van der Waals surface area contributed by atoms with Crippen LogP contribution in [0, 0.1) is 0 Å². The van der Waals surface area contributed by atoms with Gasteiger partial charge in [0.15, 0.2) is 11.5 Å². The van der Waals surface area contributed by atoms with Crippen LogP contribution >= 0.6 is 11.3 Å². The van der Waals surface area contributed by atoms with Crippen LogP contribution in [0.1, 0.15) is 43.2 Å². The summed E-state index contributed by atoms with van der Waals surface area (Å²) in [6.45, 7) is 3.86. The van der Waals surface area contributed by atoms with Crippen LogP contribution in [0.25, 0.3) is 0 Å². The summed E-state index contributed by atoms with van der Waals surface area (Å²) in [5.74, 6) is 1.09. The van der Waals surface area contributed by atoms with Gasteiger partial charge in [-0.3, -0.25) is 0 Å². The lowest BCUT2D eigenvalue weighted by atomic mass is 9.94. The topological polar surface area (TPSA) is 30.5 Å². The number of rotatable bonds is 2. The maximum absolute atomic E-state index is 5.82. The van der Waals surface area contributed by atoms with Crippen LogP contribution in [0.4, 0.5) is 5.69 Å². The van der Waals surface area contributed by atoms with Crippen molar-refractivity contribution < 1.29 is 9.47 Å². The van der Waals surface area contributed by atoms with E-state index in [0.29, 0.717) is 6.04 Å². The van der Waals surface area contributed by atoms with Crippen molar-refractivity contribution in [2.24, 2.45) is 0 Å². The van der Waals surface area contributed by atoms with Gasteiger partial charge in [-0.25, -0.2) is 0 Å². The van der Waals surface area contributed by atoms with E-state index in [1.54, 1.807) is 0 Å². The molecule has 1 aromatic carbocycles. The van der Waals surface area contributed by atoms with Gasteiger partial charge in [0.2, 0.25) is 5.79 Å². The van der Waals surface area contributed by atoms with Crippen molar-refractivity contribution in [3.05, 3.63) is 40.1 Å². The van der Waals surface area contributed by atoms with E-state index < -0.39 is 5.79 Å². The first-order chi connectivity index (χ1) is 10.1. The molecule has 2 aromatic rings. The molecule has 4 heteroatoms. The lowest BCUT2D eigenvalue weighted by Crippen LogP contribution is -2.29. The summed E-state index contributed by atoms with van der Waals surface area (Å²) in [5.41, 5.74) is 2.56. The molecule has 1 unspecified atom stereocenters. The van der Waals surface area contributed by atoms with Gasteiger partial charge in [-0.1, -0.05) is 0 Å². The number of ether oxygens (including phenoxy) is 2. The predicted octanol–water partition coefficient (Wildman–Crippen LogP) is 4.74. The highest BCUT2D eigenvalue weighted by molar-refractivity contribution is 7.10. The molecule has 1 aliphatic heterocycles. The first-order valence-corrected chi connectivity index (χ1v) is 8.34. The van der Waals surface area contributed by atoms with Crippen LogP contribution in [0.3, 0.4) is 0 Å². The third kappa shape index (κ3) is 2.38. The molecule has 1 aliphatic carbocycles. The zero-order chi connectivity index (χ0) is 14.4. The van der Waals surface area contributed by atoms with Crippen LogP contribution in [-0.2, 0) is 6.42 Å². The monoisotopic (exact) mass is 301 g/mol.